The third-order valence-electron chi connectivity index (χ3n) is 4.04. The van der Waals surface area contributed by atoms with Crippen molar-refractivity contribution in [2.24, 2.45) is 5.10 Å². The van der Waals surface area contributed by atoms with Gasteiger partial charge in [0.05, 0.1) is 23.9 Å². The van der Waals surface area contributed by atoms with Gasteiger partial charge in [-0.25, -0.2) is 10.2 Å². The SMILES string of the molecule is CCOc1ccc(Br)cc1C(=O)NN=Cc1cc(Br)ccc1OC(=O)c1ccccc1. The average molecular weight is 546 g/mol. The number of halogens is 2. The summed E-state index contributed by atoms with van der Waals surface area (Å²) in [5.74, 6) is -0.151. The van der Waals surface area contributed by atoms with Crippen molar-refractivity contribution in [3.63, 3.8) is 0 Å². The van der Waals surface area contributed by atoms with E-state index in [9.17, 15) is 9.59 Å². The number of rotatable bonds is 7. The second kappa shape index (κ2) is 10.9. The third kappa shape index (κ3) is 6.26. The van der Waals surface area contributed by atoms with Gasteiger partial charge in [-0.1, -0.05) is 50.1 Å². The van der Waals surface area contributed by atoms with Gasteiger partial charge in [0.1, 0.15) is 11.5 Å². The quantitative estimate of drug-likeness (QED) is 0.182. The summed E-state index contributed by atoms with van der Waals surface area (Å²) in [7, 11) is 0. The molecular weight excluding hydrogens is 528 g/mol. The summed E-state index contributed by atoms with van der Waals surface area (Å²) in [6, 6.07) is 19.0. The predicted molar refractivity (Wildman–Crippen MR) is 126 cm³/mol. The Hall–Kier alpha value is -2.97. The molecule has 0 saturated carbocycles. The Balaban J connectivity index is 1.77. The summed E-state index contributed by atoms with van der Waals surface area (Å²) in [6.45, 7) is 2.27. The van der Waals surface area contributed by atoms with Gasteiger partial charge in [0.25, 0.3) is 5.91 Å². The van der Waals surface area contributed by atoms with Crippen LogP contribution in [0.25, 0.3) is 0 Å². The van der Waals surface area contributed by atoms with E-state index in [-0.39, 0.29) is 0 Å². The first-order valence-electron chi connectivity index (χ1n) is 9.30. The van der Waals surface area contributed by atoms with E-state index in [0.717, 1.165) is 8.95 Å². The van der Waals surface area contributed by atoms with Gasteiger partial charge in [0.15, 0.2) is 0 Å². The molecule has 0 atom stereocenters. The van der Waals surface area contributed by atoms with Gasteiger partial charge in [-0.15, -0.1) is 0 Å². The number of amides is 1. The topological polar surface area (TPSA) is 77.0 Å². The van der Waals surface area contributed by atoms with Crippen molar-refractivity contribution in [1.29, 1.82) is 0 Å². The molecule has 0 aromatic heterocycles. The van der Waals surface area contributed by atoms with Crippen molar-refractivity contribution in [1.82, 2.24) is 5.43 Å². The number of nitrogens with zero attached hydrogens (tertiary/aromatic N) is 1. The van der Waals surface area contributed by atoms with Gasteiger partial charge in [0, 0.05) is 14.5 Å². The molecule has 3 aromatic rings. The van der Waals surface area contributed by atoms with Gasteiger partial charge in [-0.05, 0) is 55.5 Å². The van der Waals surface area contributed by atoms with E-state index in [4.69, 9.17) is 9.47 Å². The second-order valence-corrected chi connectivity index (χ2v) is 8.04. The van der Waals surface area contributed by atoms with Crippen molar-refractivity contribution < 1.29 is 19.1 Å². The Kier molecular flexibility index (Phi) is 7.97. The summed E-state index contributed by atoms with van der Waals surface area (Å²) in [5.41, 5.74) is 3.77. The number of nitrogens with one attached hydrogen (secondary N) is 1. The molecule has 0 bridgehead atoms. The van der Waals surface area contributed by atoms with Gasteiger partial charge in [0.2, 0.25) is 0 Å². The van der Waals surface area contributed by atoms with Crippen LogP contribution in [-0.2, 0) is 0 Å². The number of hydrogen-bond acceptors (Lipinski definition) is 5. The lowest BCUT2D eigenvalue weighted by atomic mass is 10.2. The van der Waals surface area contributed by atoms with Crippen LogP contribution in [0.15, 0.2) is 80.8 Å². The van der Waals surface area contributed by atoms with Crippen molar-refractivity contribution >= 4 is 50.0 Å². The van der Waals surface area contributed by atoms with Gasteiger partial charge in [-0.2, -0.15) is 5.10 Å². The highest BCUT2D eigenvalue weighted by atomic mass is 79.9. The predicted octanol–water partition coefficient (Wildman–Crippen LogP) is 5.59. The van der Waals surface area contributed by atoms with Crippen LogP contribution in [0.5, 0.6) is 11.5 Å². The van der Waals surface area contributed by atoms with E-state index in [1.165, 1.54) is 6.21 Å². The number of benzene rings is 3. The summed E-state index contributed by atoms with van der Waals surface area (Å²) >= 11 is 6.74. The number of ether oxygens (including phenoxy) is 2. The highest BCUT2D eigenvalue weighted by Gasteiger charge is 2.14. The van der Waals surface area contributed by atoms with Gasteiger partial charge < -0.3 is 9.47 Å². The summed E-state index contributed by atoms with van der Waals surface area (Å²) in [4.78, 5) is 25.0. The molecule has 0 aliphatic rings. The van der Waals surface area contributed by atoms with Crippen LogP contribution in [0.3, 0.4) is 0 Å². The fraction of sp³-hybridized carbons (Fsp3) is 0.0870. The number of hydrazone groups is 1. The zero-order chi connectivity index (χ0) is 22.2. The molecule has 3 aromatic carbocycles. The van der Waals surface area contributed by atoms with Gasteiger partial charge in [-0.3, -0.25) is 4.79 Å². The Morgan fingerprint density at radius 3 is 2.35 bits per heavy atom. The molecule has 0 saturated heterocycles. The third-order valence-corrected chi connectivity index (χ3v) is 5.03. The van der Waals surface area contributed by atoms with Crippen molar-refractivity contribution in [3.05, 3.63) is 92.4 Å². The van der Waals surface area contributed by atoms with Crippen LogP contribution >= 0.6 is 31.9 Å². The minimum Gasteiger partial charge on any atom is -0.493 e. The summed E-state index contributed by atoms with van der Waals surface area (Å²) in [6.07, 6.45) is 1.41. The molecule has 0 aliphatic carbocycles. The first-order valence-corrected chi connectivity index (χ1v) is 10.9. The minimum atomic E-state index is -0.489. The zero-order valence-corrected chi connectivity index (χ0v) is 19.6. The first-order chi connectivity index (χ1) is 15.0. The highest BCUT2D eigenvalue weighted by molar-refractivity contribution is 9.10. The molecular formula is C23H18Br2N2O4. The lowest BCUT2D eigenvalue weighted by Gasteiger charge is -2.10. The highest BCUT2D eigenvalue weighted by Crippen LogP contribution is 2.24. The van der Waals surface area contributed by atoms with Crippen LogP contribution < -0.4 is 14.9 Å². The standard InChI is InChI=1S/C23H18Br2N2O4/c1-2-30-21-11-9-18(25)13-19(21)22(28)27-26-14-16-12-17(24)8-10-20(16)31-23(29)15-6-4-3-5-7-15/h3-14H,2H2,1H3,(H,27,28). The molecule has 0 spiro atoms. The molecule has 3 rings (SSSR count). The zero-order valence-electron chi connectivity index (χ0n) is 16.5. The molecule has 1 amide bonds. The molecule has 1 N–H and O–H groups in total. The largest absolute Gasteiger partial charge is 0.493 e. The Morgan fingerprint density at radius 1 is 0.968 bits per heavy atom. The van der Waals surface area contributed by atoms with Crippen LogP contribution in [0, 0.1) is 0 Å². The number of carbonyl (C=O) groups is 2. The van der Waals surface area contributed by atoms with Crippen LogP contribution in [0.4, 0.5) is 0 Å². The lowest BCUT2D eigenvalue weighted by Crippen LogP contribution is -2.19. The fourth-order valence-electron chi connectivity index (χ4n) is 2.63. The number of hydrogen-bond donors (Lipinski definition) is 1. The van der Waals surface area contributed by atoms with E-state index in [0.29, 0.717) is 34.8 Å². The minimum absolute atomic E-state index is 0.313. The van der Waals surface area contributed by atoms with E-state index in [1.807, 2.05) is 13.0 Å². The van der Waals surface area contributed by atoms with Crippen LogP contribution in [0.2, 0.25) is 0 Å². The van der Waals surface area contributed by atoms with Crippen LogP contribution in [-0.4, -0.2) is 24.7 Å². The maximum atomic E-state index is 12.6. The van der Waals surface area contributed by atoms with Crippen molar-refractivity contribution in [3.8, 4) is 11.5 Å². The first kappa shape index (κ1) is 22.7. The van der Waals surface area contributed by atoms with E-state index in [2.05, 4.69) is 42.4 Å². The Morgan fingerprint density at radius 2 is 1.65 bits per heavy atom. The molecule has 0 radical (unpaired) electrons. The van der Waals surface area contributed by atoms with Crippen molar-refractivity contribution in [2.75, 3.05) is 6.61 Å². The molecule has 0 fully saturated rings. The maximum Gasteiger partial charge on any atom is 0.343 e. The lowest BCUT2D eigenvalue weighted by molar-refractivity contribution is 0.0734. The normalized spacial score (nSPS) is 10.7. The monoisotopic (exact) mass is 544 g/mol. The maximum absolute atomic E-state index is 12.6. The van der Waals surface area contributed by atoms with E-state index < -0.39 is 11.9 Å². The van der Waals surface area contributed by atoms with Gasteiger partial charge >= 0.3 is 5.97 Å². The molecule has 31 heavy (non-hydrogen) atoms. The van der Waals surface area contributed by atoms with E-state index in [1.54, 1.807) is 60.7 Å². The van der Waals surface area contributed by atoms with E-state index >= 15 is 0 Å². The molecule has 0 heterocycles. The molecule has 158 valence electrons. The smallest absolute Gasteiger partial charge is 0.343 e. The fourth-order valence-corrected chi connectivity index (χ4v) is 3.37. The van der Waals surface area contributed by atoms with Crippen LogP contribution in [0.1, 0.15) is 33.2 Å². The Bertz CT molecular complexity index is 1120. The molecule has 0 unspecified atom stereocenters. The molecule has 8 heteroatoms. The molecule has 6 nitrogen and oxygen atoms in total. The Labute approximate surface area is 196 Å². The average Bonchev–Trinajstić information content (AvgIpc) is 2.77. The summed E-state index contributed by atoms with van der Waals surface area (Å²) < 4.78 is 12.5. The van der Waals surface area contributed by atoms with Crippen molar-refractivity contribution in [2.45, 2.75) is 6.92 Å². The second-order valence-electron chi connectivity index (χ2n) is 6.21. The summed E-state index contributed by atoms with van der Waals surface area (Å²) in [5, 5.41) is 4.02. The molecule has 0 aliphatic heterocycles. The number of esters is 1. The number of carbonyl (C=O) groups excluding carboxylic acids is 2.